The summed E-state index contributed by atoms with van der Waals surface area (Å²) in [6.07, 6.45) is 5.85. The van der Waals surface area contributed by atoms with Gasteiger partial charge in [0, 0.05) is 13.0 Å². The fourth-order valence-electron chi connectivity index (χ4n) is 3.85. The molecule has 0 spiro atoms. The molecule has 1 aliphatic rings. The summed E-state index contributed by atoms with van der Waals surface area (Å²) in [6.45, 7) is 1.65. The van der Waals surface area contributed by atoms with Gasteiger partial charge in [0.1, 0.15) is 5.76 Å². The lowest BCUT2D eigenvalue weighted by molar-refractivity contribution is 0.0696. The molecule has 1 aromatic heterocycles. The SMILES string of the molecule is O=C(O)c1cccc(CN2CCCCC2c2ncc(Cc3ccccc3)o2)c1. The van der Waals surface area contributed by atoms with E-state index in [4.69, 9.17) is 4.42 Å². The Bertz CT molecular complexity index is 936. The van der Waals surface area contributed by atoms with Gasteiger partial charge in [-0.2, -0.15) is 0 Å². The molecule has 0 radical (unpaired) electrons. The molecule has 1 N–H and O–H groups in total. The molecular formula is C23H24N2O3. The van der Waals surface area contributed by atoms with Crippen molar-refractivity contribution in [3.8, 4) is 0 Å². The number of oxazole rings is 1. The van der Waals surface area contributed by atoms with Crippen molar-refractivity contribution < 1.29 is 14.3 Å². The van der Waals surface area contributed by atoms with Crippen molar-refractivity contribution in [2.45, 2.75) is 38.3 Å². The largest absolute Gasteiger partial charge is 0.478 e. The van der Waals surface area contributed by atoms with Gasteiger partial charge in [-0.1, -0.05) is 48.9 Å². The van der Waals surface area contributed by atoms with E-state index in [2.05, 4.69) is 22.0 Å². The van der Waals surface area contributed by atoms with Gasteiger partial charge in [0.05, 0.1) is 17.8 Å². The fourth-order valence-corrected chi connectivity index (χ4v) is 3.85. The van der Waals surface area contributed by atoms with E-state index in [0.29, 0.717) is 12.1 Å². The zero-order valence-electron chi connectivity index (χ0n) is 15.8. The van der Waals surface area contributed by atoms with E-state index in [1.807, 2.05) is 30.5 Å². The van der Waals surface area contributed by atoms with E-state index in [9.17, 15) is 9.90 Å². The topological polar surface area (TPSA) is 66.6 Å². The van der Waals surface area contributed by atoms with Crippen LogP contribution in [0.2, 0.25) is 0 Å². The number of aromatic nitrogens is 1. The number of carboxylic acid groups (broad SMARTS) is 1. The van der Waals surface area contributed by atoms with E-state index in [1.54, 1.807) is 18.2 Å². The van der Waals surface area contributed by atoms with Crippen molar-refractivity contribution in [3.05, 3.63) is 89.1 Å². The van der Waals surface area contributed by atoms with Crippen LogP contribution in [-0.4, -0.2) is 27.5 Å². The van der Waals surface area contributed by atoms with Gasteiger partial charge >= 0.3 is 5.97 Å². The normalized spacial score (nSPS) is 17.5. The van der Waals surface area contributed by atoms with Crippen LogP contribution in [0.1, 0.15) is 58.4 Å². The van der Waals surface area contributed by atoms with Gasteiger partial charge in [-0.25, -0.2) is 9.78 Å². The number of rotatable bonds is 6. The summed E-state index contributed by atoms with van der Waals surface area (Å²) in [7, 11) is 0. The lowest BCUT2D eigenvalue weighted by Gasteiger charge is -2.33. The summed E-state index contributed by atoms with van der Waals surface area (Å²) in [6, 6.07) is 17.5. The molecule has 1 unspecified atom stereocenters. The Labute approximate surface area is 164 Å². The van der Waals surface area contributed by atoms with Crippen molar-refractivity contribution >= 4 is 5.97 Å². The summed E-state index contributed by atoms with van der Waals surface area (Å²) >= 11 is 0. The Hall–Kier alpha value is -2.92. The minimum absolute atomic E-state index is 0.131. The smallest absolute Gasteiger partial charge is 0.335 e. The van der Waals surface area contributed by atoms with Crippen LogP contribution in [0.25, 0.3) is 0 Å². The lowest BCUT2D eigenvalue weighted by atomic mass is 10.0. The molecule has 0 saturated carbocycles. The molecular weight excluding hydrogens is 352 g/mol. The van der Waals surface area contributed by atoms with Crippen LogP contribution in [0, 0.1) is 0 Å². The third kappa shape index (κ3) is 4.31. The number of aromatic carboxylic acids is 1. The molecule has 3 aromatic rings. The molecule has 144 valence electrons. The van der Waals surface area contributed by atoms with Crippen LogP contribution >= 0.6 is 0 Å². The van der Waals surface area contributed by atoms with Gasteiger partial charge in [-0.3, -0.25) is 4.90 Å². The predicted molar refractivity (Wildman–Crippen MR) is 106 cm³/mol. The van der Waals surface area contributed by atoms with Crippen LogP contribution in [0.4, 0.5) is 0 Å². The van der Waals surface area contributed by atoms with Gasteiger partial charge in [-0.05, 0) is 42.6 Å². The molecule has 28 heavy (non-hydrogen) atoms. The molecule has 1 fully saturated rings. The summed E-state index contributed by atoms with van der Waals surface area (Å²) in [5.74, 6) is 0.745. The Balaban J connectivity index is 1.50. The third-order valence-corrected chi connectivity index (χ3v) is 5.25. The maximum Gasteiger partial charge on any atom is 0.335 e. The second-order valence-electron chi connectivity index (χ2n) is 7.31. The fraction of sp³-hybridized carbons (Fsp3) is 0.304. The van der Waals surface area contributed by atoms with E-state index in [-0.39, 0.29) is 6.04 Å². The number of carboxylic acids is 1. The first-order chi connectivity index (χ1) is 13.7. The van der Waals surface area contributed by atoms with E-state index in [1.165, 1.54) is 5.56 Å². The Kier molecular flexibility index (Phi) is 5.53. The first-order valence-electron chi connectivity index (χ1n) is 9.74. The van der Waals surface area contributed by atoms with Crippen LogP contribution in [0.5, 0.6) is 0 Å². The highest BCUT2D eigenvalue weighted by Gasteiger charge is 2.28. The molecule has 0 aliphatic carbocycles. The Morgan fingerprint density at radius 3 is 2.75 bits per heavy atom. The molecule has 1 saturated heterocycles. The standard InChI is InChI=1S/C23H24N2O3/c26-23(27)19-10-6-9-18(13-19)16-25-12-5-4-11-21(25)22-24-15-20(28-22)14-17-7-2-1-3-8-17/h1-3,6-10,13,15,21H,4-5,11-12,14,16H2,(H,26,27). The number of benzene rings is 2. The summed E-state index contributed by atoms with van der Waals surface area (Å²) < 4.78 is 6.11. The molecule has 1 aliphatic heterocycles. The molecule has 4 rings (SSSR count). The average Bonchev–Trinajstić information content (AvgIpc) is 3.17. The predicted octanol–water partition coefficient (Wildman–Crippen LogP) is 4.69. The molecule has 0 bridgehead atoms. The number of nitrogens with zero attached hydrogens (tertiary/aromatic N) is 2. The molecule has 2 heterocycles. The first kappa shape index (κ1) is 18.4. The highest BCUT2D eigenvalue weighted by atomic mass is 16.4. The maximum absolute atomic E-state index is 11.2. The van der Waals surface area contributed by atoms with E-state index >= 15 is 0 Å². The van der Waals surface area contributed by atoms with Crippen molar-refractivity contribution in [1.82, 2.24) is 9.88 Å². The highest BCUT2D eigenvalue weighted by Crippen LogP contribution is 2.32. The number of piperidine rings is 1. The maximum atomic E-state index is 11.2. The number of carbonyl (C=O) groups is 1. The van der Waals surface area contributed by atoms with Gasteiger partial charge in [0.25, 0.3) is 0 Å². The minimum atomic E-state index is -0.893. The summed E-state index contributed by atoms with van der Waals surface area (Å²) in [5, 5.41) is 9.23. The monoisotopic (exact) mass is 376 g/mol. The molecule has 5 nitrogen and oxygen atoms in total. The van der Waals surface area contributed by atoms with Crippen LogP contribution in [0.15, 0.2) is 65.2 Å². The minimum Gasteiger partial charge on any atom is -0.478 e. The number of hydrogen-bond acceptors (Lipinski definition) is 4. The van der Waals surface area contributed by atoms with Gasteiger partial charge in [0.2, 0.25) is 5.89 Å². The van der Waals surface area contributed by atoms with Gasteiger partial charge in [0.15, 0.2) is 0 Å². The number of hydrogen-bond donors (Lipinski definition) is 1. The van der Waals surface area contributed by atoms with Crippen LogP contribution < -0.4 is 0 Å². The summed E-state index contributed by atoms with van der Waals surface area (Å²) in [4.78, 5) is 18.2. The highest BCUT2D eigenvalue weighted by molar-refractivity contribution is 5.87. The first-order valence-corrected chi connectivity index (χ1v) is 9.74. The van der Waals surface area contributed by atoms with Crippen molar-refractivity contribution in [1.29, 1.82) is 0 Å². The molecule has 5 heteroatoms. The van der Waals surface area contributed by atoms with E-state index < -0.39 is 5.97 Å². The average molecular weight is 376 g/mol. The Morgan fingerprint density at radius 1 is 1.11 bits per heavy atom. The van der Waals surface area contributed by atoms with Crippen LogP contribution in [0.3, 0.4) is 0 Å². The number of likely N-dealkylation sites (tertiary alicyclic amines) is 1. The quantitative estimate of drug-likeness (QED) is 0.676. The molecule has 2 aromatic carbocycles. The second kappa shape index (κ2) is 8.40. The lowest BCUT2D eigenvalue weighted by Crippen LogP contribution is -2.33. The zero-order chi connectivity index (χ0) is 19.3. The van der Waals surface area contributed by atoms with Crippen molar-refractivity contribution in [3.63, 3.8) is 0 Å². The van der Waals surface area contributed by atoms with Gasteiger partial charge in [-0.15, -0.1) is 0 Å². The van der Waals surface area contributed by atoms with Crippen molar-refractivity contribution in [2.24, 2.45) is 0 Å². The summed E-state index contributed by atoms with van der Waals surface area (Å²) in [5.41, 5.74) is 2.53. The van der Waals surface area contributed by atoms with Gasteiger partial charge < -0.3 is 9.52 Å². The van der Waals surface area contributed by atoms with Crippen molar-refractivity contribution in [2.75, 3.05) is 6.54 Å². The molecule has 0 amide bonds. The van der Waals surface area contributed by atoms with E-state index in [0.717, 1.165) is 49.4 Å². The van der Waals surface area contributed by atoms with Crippen LogP contribution in [-0.2, 0) is 13.0 Å². The second-order valence-corrected chi connectivity index (χ2v) is 7.31. The Morgan fingerprint density at radius 2 is 1.93 bits per heavy atom. The molecule has 1 atom stereocenters. The third-order valence-electron chi connectivity index (χ3n) is 5.25. The zero-order valence-corrected chi connectivity index (χ0v) is 15.8.